The fourth-order valence-electron chi connectivity index (χ4n) is 4.05. The van der Waals surface area contributed by atoms with Gasteiger partial charge in [0.25, 0.3) is 0 Å². The number of thioether (sulfide) groups is 1. The molecule has 3 saturated heterocycles. The van der Waals surface area contributed by atoms with Gasteiger partial charge in [0.15, 0.2) is 0 Å². The van der Waals surface area contributed by atoms with Gasteiger partial charge in [-0.15, -0.1) is 11.8 Å². The first kappa shape index (κ1) is 15.5. The van der Waals surface area contributed by atoms with Crippen molar-refractivity contribution < 1.29 is 4.79 Å². The van der Waals surface area contributed by atoms with E-state index in [0.717, 1.165) is 31.6 Å². The van der Waals surface area contributed by atoms with Crippen molar-refractivity contribution in [3.8, 4) is 6.07 Å². The second kappa shape index (κ2) is 6.48. The summed E-state index contributed by atoms with van der Waals surface area (Å²) in [6.07, 6.45) is 7.63. The van der Waals surface area contributed by atoms with E-state index in [4.69, 9.17) is 5.26 Å². The highest BCUT2D eigenvalue weighted by Gasteiger charge is 2.43. The van der Waals surface area contributed by atoms with Crippen molar-refractivity contribution in [1.29, 1.82) is 5.26 Å². The van der Waals surface area contributed by atoms with Crippen LogP contribution in [0.1, 0.15) is 25.7 Å². The van der Waals surface area contributed by atoms with Crippen molar-refractivity contribution in [2.45, 2.75) is 49.9 Å². The van der Waals surface area contributed by atoms with E-state index in [1.165, 1.54) is 0 Å². The number of piperidine rings is 1. The molecule has 1 unspecified atom stereocenters. The van der Waals surface area contributed by atoms with E-state index in [9.17, 15) is 4.79 Å². The monoisotopic (exact) mass is 344 g/mol. The number of urea groups is 1. The molecule has 3 aliphatic rings. The lowest BCUT2D eigenvalue weighted by atomic mass is 9.98. The molecule has 0 spiro atoms. The molecule has 4 rings (SSSR count). The van der Waals surface area contributed by atoms with Crippen LogP contribution in [0.4, 0.5) is 10.7 Å². The van der Waals surface area contributed by atoms with Gasteiger partial charge in [-0.05, 0) is 31.7 Å². The van der Waals surface area contributed by atoms with Crippen molar-refractivity contribution in [3.63, 3.8) is 0 Å². The molecular weight excluding hydrogens is 324 g/mol. The van der Waals surface area contributed by atoms with Crippen LogP contribution in [0.15, 0.2) is 18.5 Å². The van der Waals surface area contributed by atoms with E-state index in [1.54, 1.807) is 29.1 Å². The van der Waals surface area contributed by atoms with E-state index in [1.807, 2.05) is 6.07 Å². The zero-order valence-corrected chi connectivity index (χ0v) is 14.2. The molecule has 24 heavy (non-hydrogen) atoms. The number of amides is 2. The average molecular weight is 344 g/mol. The average Bonchev–Trinajstić information content (AvgIpc) is 3.18. The number of nitrogens with zero attached hydrogens (tertiary/aromatic N) is 5. The number of aromatic nitrogens is 2. The number of hydrogen-bond donors (Lipinski definition) is 1. The predicted molar refractivity (Wildman–Crippen MR) is 91.4 cm³/mol. The smallest absolute Gasteiger partial charge is 0.319 e. The Morgan fingerprint density at radius 2 is 2.00 bits per heavy atom. The largest absolute Gasteiger partial charge is 0.335 e. The van der Waals surface area contributed by atoms with Gasteiger partial charge < -0.3 is 10.2 Å². The van der Waals surface area contributed by atoms with Gasteiger partial charge in [-0.2, -0.15) is 5.26 Å². The van der Waals surface area contributed by atoms with Crippen LogP contribution in [0.25, 0.3) is 0 Å². The van der Waals surface area contributed by atoms with Crippen molar-refractivity contribution >= 4 is 23.7 Å². The number of fused-ring (bicyclic) bond motifs is 2. The van der Waals surface area contributed by atoms with Crippen LogP contribution in [0.3, 0.4) is 0 Å². The minimum absolute atomic E-state index is 0.0969. The number of carbonyl (C=O) groups is 1. The van der Waals surface area contributed by atoms with Crippen molar-refractivity contribution in [2.75, 3.05) is 16.5 Å². The predicted octanol–water partition coefficient (Wildman–Crippen LogP) is 1.58. The summed E-state index contributed by atoms with van der Waals surface area (Å²) in [6.45, 7) is 0. The second-order valence-corrected chi connectivity index (χ2v) is 7.57. The normalized spacial score (nSPS) is 31.8. The second-order valence-electron chi connectivity index (χ2n) is 6.57. The Balaban J connectivity index is 1.40. The molecule has 1 N–H and O–H groups in total. The first-order valence-electron chi connectivity index (χ1n) is 8.36. The molecule has 8 heteroatoms. The zero-order valence-electron chi connectivity index (χ0n) is 13.3. The van der Waals surface area contributed by atoms with E-state index in [0.29, 0.717) is 23.7 Å². The van der Waals surface area contributed by atoms with Gasteiger partial charge in [0, 0.05) is 36.3 Å². The first-order valence-corrected chi connectivity index (χ1v) is 9.51. The molecule has 0 aromatic carbocycles. The Hall–Kier alpha value is -2.01. The van der Waals surface area contributed by atoms with Gasteiger partial charge in [-0.25, -0.2) is 14.8 Å². The van der Waals surface area contributed by atoms with Crippen LogP contribution in [-0.2, 0) is 0 Å². The van der Waals surface area contributed by atoms with E-state index in [2.05, 4.69) is 26.3 Å². The summed E-state index contributed by atoms with van der Waals surface area (Å²) in [4.78, 5) is 25.2. The summed E-state index contributed by atoms with van der Waals surface area (Å²) in [5, 5.41) is 12.3. The molecule has 1 aromatic heterocycles. The van der Waals surface area contributed by atoms with Crippen LogP contribution in [0.5, 0.6) is 0 Å². The number of hydrogen-bond acceptors (Lipinski definition) is 6. The lowest BCUT2D eigenvalue weighted by Crippen LogP contribution is -2.54. The number of nitriles is 1. The fraction of sp³-hybridized carbons (Fsp3) is 0.625. The molecule has 2 bridgehead atoms. The molecule has 4 atom stereocenters. The Labute approximate surface area is 145 Å². The topological polar surface area (TPSA) is 85.2 Å². The fourth-order valence-corrected chi connectivity index (χ4v) is 5.13. The standard InChI is InChI=1S/C16H20N6OS/c17-8-14-9-24-10-21(14)16(23)20-11-6-12-2-3-13(7-11)22(12)15-18-4-1-5-19-15/h1,4-5,11-14H,2-3,6-7,9-10H2,(H,20,23)/t11?,12-,13+,14-/m0/s1. The minimum Gasteiger partial charge on any atom is -0.335 e. The number of anilines is 1. The molecule has 3 fully saturated rings. The Morgan fingerprint density at radius 1 is 1.29 bits per heavy atom. The highest BCUT2D eigenvalue weighted by atomic mass is 32.2. The van der Waals surface area contributed by atoms with E-state index >= 15 is 0 Å². The van der Waals surface area contributed by atoms with Crippen LogP contribution >= 0.6 is 11.8 Å². The lowest BCUT2D eigenvalue weighted by Gasteiger charge is -2.39. The van der Waals surface area contributed by atoms with Gasteiger partial charge in [0.1, 0.15) is 6.04 Å². The molecule has 3 aliphatic heterocycles. The summed E-state index contributed by atoms with van der Waals surface area (Å²) in [5.74, 6) is 2.11. The molecule has 1 aromatic rings. The molecular formula is C16H20N6OS. The summed E-state index contributed by atoms with van der Waals surface area (Å²) in [6, 6.07) is 4.58. The lowest BCUT2D eigenvalue weighted by molar-refractivity contribution is 0.195. The molecule has 0 saturated carbocycles. The SMILES string of the molecule is N#C[C@H]1CSCN1C(=O)NC1C[C@H]2CC[C@@H](C1)N2c1ncccn1. The zero-order chi connectivity index (χ0) is 16.5. The third kappa shape index (κ3) is 2.77. The maximum absolute atomic E-state index is 12.5. The molecule has 126 valence electrons. The Bertz CT molecular complexity index is 636. The minimum atomic E-state index is -0.301. The molecule has 2 amide bonds. The van der Waals surface area contributed by atoms with Crippen LogP contribution < -0.4 is 10.2 Å². The Morgan fingerprint density at radius 3 is 2.67 bits per heavy atom. The molecule has 4 heterocycles. The quantitative estimate of drug-likeness (QED) is 0.877. The molecule has 0 radical (unpaired) electrons. The molecule has 7 nitrogen and oxygen atoms in total. The maximum Gasteiger partial charge on any atom is 0.319 e. The number of nitrogens with one attached hydrogen (secondary N) is 1. The van der Waals surface area contributed by atoms with Crippen LogP contribution in [0.2, 0.25) is 0 Å². The van der Waals surface area contributed by atoms with Gasteiger partial charge in [-0.1, -0.05) is 0 Å². The van der Waals surface area contributed by atoms with Gasteiger partial charge in [0.2, 0.25) is 5.95 Å². The summed E-state index contributed by atoms with van der Waals surface area (Å²) in [7, 11) is 0. The van der Waals surface area contributed by atoms with E-state index in [-0.39, 0.29) is 18.1 Å². The van der Waals surface area contributed by atoms with Crippen molar-refractivity contribution in [1.82, 2.24) is 20.2 Å². The highest BCUT2D eigenvalue weighted by Crippen LogP contribution is 2.37. The van der Waals surface area contributed by atoms with Gasteiger partial charge >= 0.3 is 6.03 Å². The number of rotatable bonds is 2. The highest BCUT2D eigenvalue weighted by molar-refractivity contribution is 7.99. The van der Waals surface area contributed by atoms with E-state index < -0.39 is 0 Å². The molecule has 0 aliphatic carbocycles. The number of carbonyl (C=O) groups excluding carboxylic acids is 1. The van der Waals surface area contributed by atoms with Crippen molar-refractivity contribution in [3.05, 3.63) is 18.5 Å². The van der Waals surface area contributed by atoms with Crippen LogP contribution in [-0.4, -0.2) is 56.7 Å². The van der Waals surface area contributed by atoms with Crippen LogP contribution in [0, 0.1) is 11.3 Å². The third-order valence-electron chi connectivity index (χ3n) is 5.14. The summed E-state index contributed by atoms with van der Waals surface area (Å²) >= 11 is 1.63. The maximum atomic E-state index is 12.5. The first-order chi connectivity index (χ1) is 11.8. The third-order valence-corrected chi connectivity index (χ3v) is 6.15. The summed E-state index contributed by atoms with van der Waals surface area (Å²) in [5.41, 5.74) is 0. The van der Waals surface area contributed by atoms with Gasteiger partial charge in [0.05, 0.1) is 11.9 Å². The summed E-state index contributed by atoms with van der Waals surface area (Å²) < 4.78 is 0. The Kier molecular flexibility index (Phi) is 4.19. The van der Waals surface area contributed by atoms with Crippen molar-refractivity contribution in [2.24, 2.45) is 0 Å². The van der Waals surface area contributed by atoms with Gasteiger partial charge in [-0.3, -0.25) is 4.90 Å².